The number of hydrogen-bond acceptors (Lipinski definition) is 8. The molecule has 9 heteroatoms. The molecule has 0 spiro atoms. The van der Waals surface area contributed by atoms with E-state index in [0.29, 0.717) is 16.0 Å². The van der Waals surface area contributed by atoms with Crippen molar-refractivity contribution in [2.24, 2.45) is 0 Å². The third-order valence-corrected chi connectivity index (χ3v) is 4.88. The molecule has 1 fully saturated rings. The number of nitrogens with zero attached hydrogens (tertiary/aromatic N) is 3. The van der Waals surface area contributed by atoms with Gasteiger partial charge in [0.2, 0.25) is 5.13 Å². The van der Waals surface area contributed by atoms with Gasteiger partial charge in [-0.1, -0.05) is 30.0 Å². The molecule has 2 heterocycles. The summed E-state index contributed by atoms with van der Waals surface area (Å²) in [7, 11) is 0. The first-order valence-corrected chi connectivity index (χ1v) is 8.23. The van der Waals surface area contributed by atoms with Crippen LogP contribution in [0.4, 0.5) is 5.13 Å². The Morgan fingerprint density at radius 1 is 1.65 bits per heavy atom. The van der Waals surface area contributed by atoms with Crippen molar-refractivity contribution in [2.45, 2.75) is 17.4 Å². The van der Waals surface area contributed by atoms with Crippen molar-refractivity contribution in [2.75, 3.05) is 43.9 Å². The fourth-order valence-electron chi connectivity index (χ4n) is 1.86. The molecule has 0 bridgehead atoms. The Bertz CT molecular complexity index is 443. The van der Waals surface area contributed by atoms with Crippen LogP contribution in [-0.4, -0.2) is 70.8 Å². The van der Waals surface area contributed by atoms with Crippen LogP contribution in [0.3, 0.4) is 0 Å². The van der Waals surface area contributed by atoms with Gasteiger partial charge in [-0.05, 0) is 6.54 Å². The summed E-state index contributed by atoms with van der Waals surface area (Å²) in [6.07, 6.45) is 0.155. The number of aliphatic carboxylic acids is 1. The van der Waals surface area contributed by atoms with E-state index in [1.54, 1.807) is 0 Å². The summed E-state index contributed by atoms with van der Waals surface area (Å²) in [4.78, 5) is 12.8. The molecule has 1 aromatic heterocycles. The predicted octanol–water partition coefficient (Wildman–Crippen LogP) is 0.847. The average Bonchev–Trinajstić information content (AvgIpc) is 2.91. The summed E-state index contributed by atoms with van der Waals surface area (Å²) in [5, 5.41) is 20.4. The zero-order valence-corrected chi connectivity index (χ0v) is 12.9. The van der Waals surface area contributed by atoms with E-state index in [-0.39, 0.29) is 11.9 Å². The van der Waals surface area contributed by atoms with Crippen molar-refractivity contribution < 1.29 is 14.6 Å². The fraction of sp³-hybridized carbons (Fsp3) is 0.727. The Balaban J connectivity index is 1.75. The van der Waals surface area contributed by atoms with E-state index in [4.69, 9.17) is 9.84 Å². The molecular formula is C11H18N4O3S2. The predicted molar refractivity (Wildman–Crippen MR) is 78.6 cm³/mol. The van der Waals surface area contributed by atoms with Gasteiger partial charge in [0.1, 0.15) is 0 Å². The van der Waals surface area contributed by atoms with Gasteiger partial charge in [-0.2, -0.15) is 0 Å². The number of anilines is 1. The summed E-state index contributed by atoms with van der Waals surface area (Å²) >= 11 is 2.55. The van der Waals surface area contributed by atoms with E-state index in [9.17, 15) is 4.79 Å². The van der Waals surface area contributed by atoms with Crippen LogP contribution in [0, 0.1) is 0 Å². The van der Waals surface area contributed by atoms with Crippen molar-refractivity contribution in [1.82, 2.24) is 15.1 Å². The van der Waals surface area contributed by atoms with Crippen LogP contribution >= 0.6 is 23.1 Å². The maximum atomic E-state index is 10.5. The Labute approximate surface area is 125 Å². The minimum absolute atomic E-state index is 0.00578. The summed E-state index contributed by atoms with van der Waals surface area (Å²) in [5.41, 5.74) is 0. The lowest BCUT2D eigenvalue weighted by atomic mass is 10.2. The number of rotatable bonds is 7. The van der Waals surface area contributed by atoms with Gasteiger partial charge in [0.15, 0.2) is 4.34 Å². The monoisotopic (exact) mass is 318 g/mol. The lowest BCUT2D eigenvalue weighted by Gasteiger charge is -2.31. The van der Waals surface area contributed by atoms with Crippen LogP contribution in [0.25, 0.3) is 0 Å². The summed E-state index contributed by atoms with van der Waals surface area (Å²) < 4.78 is 6.35. The third kappa shape index (κ3) is 4.89. The number of morpholine rings is 1. The molecule has 1 aliphatic rings. The molecule has 2 rings (SSSR count). The van der Waals surface area contributed by atoms with Crippen LogP contribution in [0.1, 0.15) is 6.92 Å². The van der Waals surface area contributed by atoms with E-state index in [1.807, 2.05) is 0 Å². The van der Waals surface area contributed by atoms with E-state index >= 15 is 0 Å². The van der Waals surface area contributed by atoms with Crippen LogP contribution in [0.5, 0.6) is 0 Å². The molecular weight excluding hydrogens is 300 g/mol. The average molecular weight is 318 g/mol. The van der Waals surface area contributed by atoms with E-state index in [2.05, 4.69) is 27.3 Å². The molecule has 1 aromatic rings. The van der Waals surface area contributed by atoms with Gasteiger partial charge in [-0.25, -0.2) is 0 Å². The lowest BCUT2D eigenvalue weighted by molar-refractivity contribution is -0.133. The van der Waals surface area contributed by atoms with Crippen molar-refractivity contribution in [3.05, 3.63) is 0 Å². The third-order valence-electron chi connectivity index (χ3n) is 2.88. The first-order chi connectivity index (χ1) is 9.67. The normalized spacial score (nSPS) is 19.9. The first kappa shape index (κ1) is 15.5. The molecule has 7 nitrogen and oxygen atoms in total. The van der Waals surface area contributed by atoms with E-state index in [0.717, 1.165) is 26.2 Å². The van der Waals surface area contributed by atoms with Crippen molar-refractivity contribution in [3.8, 4) is 0 Å². The molecule has 20 heavy (non-hydrogen) atoms. The molecule has 112 valence electrons. The highest BCUT2D eigenvalue weighted by Crippen LogP contribution is 2.25. The minimum atomic E-state index is -0.852. The highest BCUT2D eigenvalue weighted by molar-refractivity contribution is 8.01. The summed E-state index contributed by atoms with van der Waals surface area (Å²) in [6, 6.07) is 0. The molecule has 0 amide bonds. The summed E-state index contributed by atoms with van der Waals surface area (Å²) in [6.45, 7) is 6.54. The van der Waals surface area contributed by atoms with Crippen LogP contribution in [-0.2, 0) is 9.53 Å². The number of nitrogens with one attached hydrogen (secondary N) is 1. The number of carboxylic acids is 1. The van der Waals surface area contributed by atoms with Crippen LogP contribution in [0.15, 0.2) is 4.34 Å². The largest absolute Gasteiger partial charge is 0.481 e. The number of thioether (sulfide) groups is 1. The molecule has 1 atom stereocenters. The smallest absolute Gasteiger partial charge is 0.313 e. The number of aromatic nitrogens is 2. The van der Waals surface area contributed by atoms with Crippen molar-refractivity contribution in [1.29, 1.82) is 0 Å². The lowest BCUT2D eigenvalue weighted by Crippen LogP contribution is -2.45. The molecule has 0 aliphatic carbocycles. The van der Waals surface area contributed by atoms with E-state index in [1.165, 1.54) is 23.1 Å². The quantitative estimate of drug-likeness (QED) is 0.715. The van der Waals surface area contributed by atoms with Crippen molar-refractivity contribution >= 4 is 34.2 Å². The van der Waals surface area contributed by atoms with Gasteiger partial charge in [-0.3, -0.25) is 9.69 Å². The molecule has 1 aliphatic heterocycles. The van der Waals surface area contributed by atoms with Crippen LogP contribution in [0.2, 0.25) is 0 Å². The molecule has 0 saturated carbocycles. The van der Waals surface area contributed by atoms with Crippen molar-refractivity contribution in [3.63, 3.8) is 0 Å². The zero-order valence-electron chi connectivity index (χ0n) is 11.2. The summed E-state index contributed by atoms with van der Waals surface area (Å²) in [5.74, 6) is -0.846. The topological polar surface area (TPSA) is 87.6 Å². The number of hydrogen-bond donors (Lipinski definition) is 2. The highest BCUT2D eigenvalue weighted by Gasteiger charge is 2.19. The Morgan fingerprint density at radius 2 is 2.50 bits per heavy atom. The molecule has 0 aromatic carbocycles. The highest BCUT2D eigenvalue weighted by atomic mass is 32.2. The Kier molecular flexibility index (Phi) is 6.02. The maximum absolute atomic E-state index is 10.5. The number of likely N-dealkylation sites (N-methyl/N-ethyl adjacent to an activating group) is 1. The fourth-order valence-corrected chi connectivity index (χ4v) is 3.33. The van der Waals surface area contributed by atoms with Gasteiger partial charge >= 0.3 is 5.97 Å². The first-order valence-electron chi connectivity index (χ1n) is 6.43. The Hall–Kier alpha value is -0.900. The zero-order chi connectivity index (χ0) is 14.4. The van der Waals surface area contributed by atoms with E-state index < -0.39 is 5.97 Å². The SMILES string of the molecule is CCN1CCOC(CNc2nnc(SCC(=O)O)s2)C1. The number of carbonyl (C=O) groups is 1. The number of carboxylic acid groups (broad SMARTS) is 1. The molecule has 2 N–H and O–H groups in total. The second-order valence-electron chi connectivity index (χ2n) is 4.32. The maximum Gasteiger partial charge on any atom is 0.313 e. The van der Waals surface area contributed by atoms with Crippen LogP contribution < -0.4 is 5.32 Å². The second kappa shape index (κ2) is 7.77. The minimum Gasteiger partial charge on any atom is -0.481 e. The number of ether oxygens (including phenoxy) is 1. The standard InChI is InChI=1S/C11H18N4O3S2/c1-2-15-3-4-18-8(6-15)5-12-10-13-14-11(20-10)19-7-9(16)17/h8H,2-7H2,1H3,(H,12,13)(H,16,17). The molecule has 0 radical (unpaired) electrons. The van der Waals surface area contributed by atoms with Gasteiger partial charge in [-0.15, -0.1) is 10.2 Å². The Morgan fingerprint density at radius 3 is 3.25 bits per heavy atom. The second-order valence-corrected chi connectivity index (χ2v) is 6.52. The van der Waals surface area contributed by atoms with Gasteiger partial charge in [0.25, 0.3) is 0 Å². The van der Waals surface area contributed by atoms with Gasteiger partial charge in [0, 0.05) is 19.6 Å². The van der Waals surface area contributed by atoms with Gasteiger partial charge in [0.05, 0.1) is 18.5 Å². The molecule has 1 unspecified atom stereocenters. The molecule has 1 saturated heterocycles. The van der Waals surface area contributed by atoms with Gasteiger partial charge < -0.3 is 15.2 Å².